The third kappa shape index (κ3) is 2.31. The Hall–Kier alpha value is -1.95. The predicted molar refractivity (Wildman–Crippen MR) is 71.2 cm³/mol. The molecule has 1 aromatic heterocycles. The summed E-state index contributed by atoms with van der Waals surface area (Å²) in [4.78, 5) is 0. The zero-order chi connectivity index (χ0) is 13.1. The topological polar surface area (TPSA) is 64.9 Å². The summed E-state index contributed by atoms with van der Waals surface area (Å²) >= 11 is 0. The van der Waals surface area contributed by atoms with Crippen molar-refractivity contribution in [2.75, 3.05) is 19.0 Å². The van der Waals surface area contributed by atoms with Gasteiger partial charge in [-0.15, -0.1) is 0 Å². The van der Waals surface area contributed by atoms with Crippen molar-refractivity contribution in [1.82, 2.24) is 20.2 Å². The summed E-state index contributed by atoms with van der Waals surface area (Å²) in [6.45, 7) is 0.733. The fourth-order valence-corrected chi connectivity index (χ4v) is 2.30. The van der Waals surface area contributed by atoms with Gasteiger partial charge in [-0.25, -0.2) is 0 Å². The van der Waals surface area contributed by atoms with E-state index in [0.717, 1.165) is 25.1 Å². The SMILES string of the molecule is COC1(CNc2nnnn2-c2ccccc2)CCC1. The molecule has 19 heavy (non-hydrogen) atoms. The second kappa shape index (κ2) is 4.97. The van der Waals surface area contributed by atoms with E-state index in [2.05, 4.69) is 20.8 Å². The lowest BCUT2D eigenvalue weighted by atomic mass is 9.80. The van der Waals surface area contributed by atoms with Crippen LogP contribution in [-0.4, -0.2) is 39.5 Å². The molecule has 0 unspecified atom stereocenters. The molecule has 1 aromatic carbocycles. The van der Waals surface area contributed by atoms with Gasteiger partial charge >= 0.3 is 0 Å². The van der Waals surface area contributed by atoms with Crippen molar-refractivity contribution in [2.24, 2.45) is 0 Å². The van der Waals surface area contributed by atoms with Crippen molar-refractivity contribution in [2.45, 2.75) is 24.9 Å². The molecule has 0 amide bonds. The van der Waals surface area contributed by atoms with E-state index in [1.54, 1.807) is 11.8 Å². The Labute approximate surface area is 111 Å². The molecule has 0 bridgehead atoms. The Morgan fingerprint density at radius 3 is 2.74 bits per heavy atom. The van der Waals surface area contributed by atoms with Gasteiger partial charge < -0.3 is 10.1 Å². The van der Waals surface area contributed by atoms with Gasteiger partial charge in [0.25, 0.3) is 0 Å². The first-order valence-electron chi connectivity index (χ1n) is 6.46. The summed E-state index contributed by atoms with van der Waals surface area (Å²) in [6.07, 6.45) is 3.39. The third-order valence-electron chi connectivity index (χ3n) is 3.74. The average molecular weight is 259 g/mol. The number of nitrogens with zero attached hydrogens (tertiary/aromatic N) is 4. The first-order chi connectivity index (χ1) is 9.33. The van der Waals surface area contributed by atoms with E-state index in [1.807, 2.05) is 30.3 Å². The van der Waals surface area contributed by atoms with Gasteiger partial charge in [-0.1, -0.05) is 23.3 Å². The fraction of sp³-hybridized carbons (Fsp3) is 0.462. The summed E-state index contributed by atoms with van der Waals surface area (Å²) in [5.74, 6) is 0.648. The van der Waals surface area contributed by atoms with Gasteiger partial charge in [-0.2, -0.15) is 4.68 Å². The van der Waals surface area contributed by atoms with Crippen LogP contribution < -0.4 is 5.32 Å². The Kier molecular flexibility index (Phi) is 3.16. The van der Waals surface area contributed by atoms with Gasteiger partial charge in [0.2, 0.25) is 5.95 Å². The van der Waals surface area contributed by atoms with Crippen molar-refractivity contribution >= 4 is 5.95 Å². The van der Waals surface area contributed by atoms with Crippen LogP contribution in [0, 0.1) is 0 Å². The highest BCUT2D eigenvalue weighted by atomic mass is 16.5. The van der Waals surface area contributed by atoms with Gasteiger partial charge in [0, 0.05) is 13.7 Å². The van der Waals surface area contributed by atoms with E-state index in [1.165, 1.54) is 6.42 Å². The minimum Gasteiger partial charge on any atom is -0.376 e. The molecule has 0 atom stereocenters. The van der Waals surface area contributed by atoms with Crippen LogP contribution in [0.3, 0.4) is 0 Å². The largest absolute Gasteiger partial charge is 0.376 e. The van der Waals surface area contributed by atoms with E-state index >= 15 is 0 Å². The van der Waals surface area contributed by atoms with Crippen LogP contribution in [0.15, 0.2) is 30.3 Å². The van der Waals surface area contributed by atoms with Crippen LogP contribution in [0.4, 0.5) is 5.95 Å². The van der Waals surface area contributed by atoms with Crippen LogP contribution in [-0.2, 0) is 4.74 Å². The monoisotopic (exact) mass is 259 g/mol. The maximum atomic E-state index is 5.58. The molecule has 100 valence electrons. The molecular weight excluding hydrogens is 242 g/mol. The van der Waals surface area contributed by atoms with Crippen molar-refractivity contribution in [3.63, 3.8) is 0 Å². The standard InChI is InChI=1S/C13H17N5O/c1-19-13(8-5-9-13)10-14-12-15-16-17-18(12)11-6-3-2-4-7-11/h2-4,6-7H,5,8-10H2,1H3,(H,14,15,17). The van der Waals surface area contributed by atoms with E-state index in [9.17, 15) is 0 Å². The summed E-state index contributed by atoms with van der Waals surface area (Å²) in [5.41, 5.74) is 0.892. The highest BCUT2D eigenvalue weighted by molar-refractivity contribution is 5.38. The maximum absolute atomic E-state index is 5.58. The van der Waals surface area contributed by atoms with Gasteiger partial charge in [0.15, 0.2) is 0 Å². The summed E-state index contributed by atoms with van der Waals surface area (Å²) in [7, 11) is 1.76. The Morgan fingerprint density at radius 2 is 2.11 bits per heavy atom. The highest BCUT2D eigenvalue weighted by Crippen LogP contribution is 2.34. The summed E-state index contributed by atoms with van der Waals surface area (Å²) in [6, 6.07) is 9.83. The molecule has 6 heteroatoms. The second-order valence-corrected chi connectivity index (χ2v) is 4.84. The number of ether oxygens (including phenoxy) is 1. The van der Waals surface area contributed by atoms with Crippen LogP contribution >= 0.6 is 0 Å². The maximum Gasteiger partial charge on any atom is 0.247 e. The Bertz CT molecular complexity index is 529. The number of aromatic nitrogens is 4. The number of methoxy groups -OCH3 is 1. The van der Waals surface area contributed by atoms with Crippen LogP contribution in [0.25, 0.3) is 5.69 Å². The van der Waals surface area contributed by atoms with E-state index in [0.29, 0.717) is 5.95 Å². The first kappa shape index (κ1) is 12.1. The molecule has 1 aliphatic carbocycles. The molecule has 0 radical (unpaired) electrons. The zero-order valence-corrected chi connectivity index (χ0v) is 10.9. The van der Waals surface area contributed by atoms with Gasteiger partial charge in [0.1, 0.15) is 0 Å². The van der Waals surface area contributed by atoms with E-state index in [-0.39, 0.29) is 5.60 Å². The van der Waals surface area contributed by atoms with E-state index in [4.69, 9.17) is 4.74 Å². The lowest BCUT2D eigenvalue weighted by Crippen LogP contribution is -2.45. The highest BCUT2D eigenvalue weighted by Gasteiger charge is 2.37. The molecule has 1 N–H and O–H groups in total. The lowest BCUT2D eigenvalue weighted by Gasteiger charge is -2.40. The minimum absolute atomic E-state index is 0.0481. The molecular formula is C13H17N5O. The molecule has 2 aromatic rings. The molecule has 1 saturated carbocycles. The second-order valence-electron chi connectivity index (χ2n) is 4.84. The normalized spacial score (nSPS) is 16.9. The molecule has 0 spiro atoms. The molecule has 1 aliphatic rings. The number of anilines is 1. The number of hydrogen-bond donors (Lipinski definition) is 1. The van der Waals surface area contributed by atoms with Crippen molar-refractivity contribution in [3.8, 4) is 5.69 Å². The van der Waals surface area contributed by atoms with Gasteiger partial charge in [0.05, 0.1) is 11.3 Å². The fourth-order valence-electron chi connectivity index (χ4n) is 2.30. The number of para-hydroxylation sites is 1. The molecule has 1 fully saturated rings. The predicted octanol–water partition coefficient (Wildman–Crippen LogP) is 1.64. The Balaban J connectivity index is 1.74. The minimum atomic E-state index is -0.0481. The zero-order valence-electron chi connectivity index (χ0n) is 10.9. The summed E-state index contributed by atoms with van der Waals surface area (Å²) < 4.78 is 7.27. The quantitative estimate of drug-likeness (QED) is 0.884. The number of benzene rings is 1. The number of nitrogens with one attached hydrogen (secondary N) is 1. The first-order valence-corrected chi connectivity index (χ1v) is 6.46. The molecule has 0 aliphatic heterocycles. The van der Waals surface area contributed by atoms with Crippen molar-refractivity contribution < 1.29 is 4.74 Å². The van der Waals surface area contributed by atoms with E-state index < -0.39 is 0 Å². The summed E-state index contributed by atoms with van der Waals surface area (Å²) in [5, 5.41) is 15.0. The number of rotatable bonds is 5. The van der Waals surface area contributed by atoms with Crippen molar-refractivity contribution in [3.05, 3.63) is 30.3 Å². The molecule has 0 saturated heterocycles. The molecule has 3 rings (SSSR count). The Morgan fingerprint density at radius 1 is 1.32 bits per heavy atom. The number of tetrazole rings is 1. The van der Waals surface area contributed by atoms with Crippen molar-refractivity contribution in [1.29, 1.82) is 0 Å². The van der Waals surface area contributed by atoms with Crippen LogP contribution in [0.1, 0.15) is 19.3 Å². The van der Waals surface area contributed by atoms with Crippen LogP contribution in [0.5, 0.6) is 0 Å². The molecule has 1 heterocycles. The smallest absolute Gasteiger partial charge is 0.247 e. The third-order valence-corrected chi connectivity index (χ3v) is 3.74. The molecule has 6 nitrogen and oxygen atoms in total. The van der Waals surface area contributed by atoms with Crippen LogP contribution in [0.2, 0.25) is 0 Å². The average Bonchev–Trinajstić information content (AvgIpc) is 2.87. The lowest BCUT2D eigenvalue weighted by molar-refractivity contribution is -0.0602. The van der Waals surface area contributed by atoms with Gasteiger partial charge in [-0.05, 0) is 41.8 Å². The number of hydrogen-bond acceptors (Lipinski definition) is 5. The van der Waals surface area contributed by atoms with Gasteiger partial charge in [-0.3, -0.25) is 0 Å².